The van der Waals surface area contributed by atoms with Crippen LogP contribution in [0.15, 0.2) is 0 Å². The number of primary amides is 3. The predicted molar refractivity (Wildman–Crippen MR) is 168 cm³/mol. The summed E-state index contributed by atoms with van der Waals surface area (Å²) in [7, 11) is 1.58. The molecule has 9 amide bonds. The van der Waals surface area contributed by atoms with Crippen LogP contribution in [0.2, 0.25) is 0 Å². The first-order chi connectivity index (χ1) is 22.4. The Morgan fingerprint density at radius 1 is 0.875 bits per heavy atom. The topological polar surface area (TPSA) is 298 Å². The summed E-state index contributed by atoms with van der Waals surface area (Å²) in [6.07, 6.45) is 0.523. The van der Waals surface area contributed by atoms with Crippen molar-refractivity contribution < 1.29 is 43.2 Å². The summed E-state index contributed by atoms with van der Waals surface area (Å²) in [6, 6.07) is -6.43. The highest BCUT2D eigenvalue weighted by Gasteiger charge is 2.40. The number of amides is 9. The van der Waals surface area contributed by atoms with Crippen molar-refractivity contribution >= 4 is 53.2 Å². The van der Waals surface area contributed by atoms with E-state index < -0.39 is 102 Å². The van der Waals surface area contributed by atoms with E-state index in [1.165, 1.54) is 11.8 Å². The molecular weight excluding hydrogens is 632 g/mol. The lowest BCUT2D eigenvalue weighted by atomic mass is 10.0. The fraction of sp³-hybridized carbons (Fsp3) is 0.690. The van der Waals surface area contributed by atoms with Crippen LogP contribution in [-0.2, 0) is 43.2 Å². The van der Waals surface area contributed by atoms with E-state index in [0.29, 0.717) is 12.8 Å². The zero-order chi connectivity index (χ0) is 36.3. The summed E-state index contributed by atoms with van der Waals surface area (Å²) in [4.78, 5) is 115. The molecule has 2 rings (SSSR count). The predicted octanol–water partition coefficient (Wildman–Crippen LogP) is -4.96. The minimum atomic E-state index is -1.49. The van der Waals surface area contributed by atoms with Crippen LogP contribution in [0.1, 0.15) is 59.3 Å². The van der Waals surface area contributed by atoms with E-state index >= 15 is 0 Å². The van der Waals surface area contributed by atoms with E-state index in [9.17, 15) is 43.2 Å². The molecule has 0 aromatic rings. The minimum absolute atomic E-state index is 0.000465. The maximum Gasteiger partial charge on any atom is 0.245 e. The third-order valence-corrected chi connectivity index (χ3v) is 7.99. The molecule has 2 aliphatic rings. The number of rotatable bonds is 17. The van der Waals surface area contributed by atoms with Gasteiger partial charge in [0.15, 0.2) is 0 Å². The first kappa shape index (κ1) is 39.4. The molecule has 19 nitrogen and oxygen atoms in total. The fourth-order valence-corrected chi connectivity index (χ4v) is 5.59. The maximum absolute atomic E-state index is 13.4. The number of nitrogens with zero attached hydrogens (tertiary/aromatic N) is 2. The molecule has 268 valence electrons. The van der Waals surface area contributed by atoms with Crippen LogP contribution in [0.3, 0.4) is 0 Å². The number of likely N-dealkylation sites (N-methyl/N-ethyl adjacent to an activating group) is 1. The highest BCUT2D eigenvalue weighted by atomic mass is 16.2. The average molecular weight is 681 g/mol. The third kappa shape index (κ3) is 11.8. The van der Waals surface area contributed by atoms with Crippen molar-refractivity contribution in [1.29, 1.82) is 0 Å². The second-order valence-corrected chi connectivity index (χ2v) is 12.5. The van der Waals surface area contributed by atoms with Gasteiger partial charge in [-0.2, -0.15) is 0 Å². The Bertz CT molecular complexity index is 1280. The van der Waals surface area contributed by atoms with E-state index in [1.807, 2.05) is 13.8 Å². The Labute approximate surface area is 278 Å². The van der Waals surface area contributed by atoms with Gasteiger partial charge in [-0.1, -0.05) is 13.8 Å². The maximum atomic E-state index is 13.4. The van der Waals surface area contributed by atoms with Crippen LogP contribution < -0.4 is 43.8 Å². The van der Waals surface area contributed by atoms with Crippen molar-refractivity contribution in [2.45, 2.75) is 95.5 Å². The van der Waals surface area contributed by atoms with Crippen molar-refractivity contribution in [2.75, 3.05) is 26.7 Å². The molecule has 6 atom stereocenters. The molecule has 19 heteroatoms. The van der Waals surface area contributed by atoms with Gasteiger partial charge in [0.2, 0.25) is 53.2 Å². The molecule has 11 N–H and O–H groups in total. The van der Waals surface area contributed by atoms with Crippen molar-refractivity contribution in [2.24, 2.45) is 23.1 Å². The minimum Gasteiger partial charge on any atom is -0.370 e. The van der Waals surface area contributed by atoms with Crippen LogP contribution in [0.25, 0.3) is 0 Å². The van der Waals surface area contributed by atoms with Crippen LogP contribution >= 0.6 is 0 Å². The Morgan fingerprint density at radius 3 is 2.08 bits per heavy atom. The van der Waals surface area contributed by atoms with Gasteiger partial charge in [0, 0.05) is 19.5 Å². The molecule has 48 heavy (non-hydrogen) atoms. The van der Waals surface area contributed by atoms with Gasteiger partial charge in [0.25, 0.3) is 0 Å². The highest BCUT2D eigenvalue weighted by Crippen LogP contribution is 2.20. The zero-order valence-corrected chi connectivity index (χ0v) is 27.7. The number of hydrogen-bond donors (Lipinski definition) is 8. The zero-order valence-electron chi connectivity index (χ0n) is 27.7. The van der Waals surface area contributed by atoms with Crippen molar-refractivity contribution in [3.63, 3.8) is 0 Å². The monoisotopic (exact) mass is 680 g/mol. The number of carbonyl (C=O) groups excluding carboxylic acids is 9. The summed E-state index contributed by atoms with van der Waals surface area (Å²) in [5.41, 5.74) is 15.6. The van der Waals surface area contributed by atoms with Crippen molar-refractivity contribution in [1.82, 2.24) is 36.4 Å². The molecular formula is C29H48N10O9. The smallest absolute Gasteiger partial charge is 0.245 e. The molecule has 2 heterocycles. The number of carbonyl (C=O) groups is 9. The molecule has 0 saturated carbocycles. The molecule has 0 aromatic carbocycles. The normalized spacial score (nSPS) is 21.3. The van der Waals surface area contributed by atoms with E-state index in [1.54, 1.807) is 11.9 Å². The summed E-state index contributed by atoms with van der Waals surface area (Å²) in [5.74, 6) is -6.26. The molecule has 0 aliphatic carbocycles. The number of nitrogens with one attached hydrogen (secondary N) is 5. The van der Waals surface area contributed by atoms with Gasteiger partial charge in [-0.15, -0.1) is 0 Å². The summed E-state index contributed by atoms with van der Waals surface area (Å²) >= 11 is 0. The second kappa shape index (κ2) is 17.9. The van der Waals surface area contributed by atoms with Crippen LogP contribution in [-0.4, -0.2) is 126 Å². The average Bonchev–Trinajstić information content (AvgIpc) is 3.47. The third-order valence-electron chi connectivity index (χ3n) is 7.99. The van der Waals surface area contributed by atoms with Gasteiger partial charge in [0.1, 0.15) is 30.2 Å². The van der Waals surface area contributed by atoms with E-state index in [4.69, 9.17) is 17.2 Å². The summed E-state index contributed by atoms with van der Waals surface area (Å²) in [6.45, 7) is 4.88. The van der Waals surface area contributed by atoms with Crippen LogP contribution in [0.5, 0.6) is 0 Å². The van der Waals surface area contributed by atoms with Crippen molar-refractivity contribution in [3.8, 4) is 0 Å². The quantitative estimate of drug-likeness (QED) is 0.0724. The van der Waals surface area contributed by atoms with Crippen molar-refractivity contribution in [3.05, 3.63) is 0 Å². The number of hydrogen-bond acceptors (Lipinski definition) is 10. The van der Waals surface area contributed by atoms with Gasteiger partial charge in [0.05, 0.1) is 19.0 Å². The van der Waals surface area contributed by atoms with Crippen LogP contribution in [0, 0.1) is 5.92 Å². The highest BCUT2D eigenvalue weighted by molar-refractivity contribution is 5.98. The van der Waals surface area contributed by atoms with Gasteiger partial charge >= 0.3 is 0 Å². The Balaban J connectivity index is 2.06. The van der Waals surface area contributed by atoms with Gasteiger partial charge in [-0.05, 0) is 45.6 Å². The molecule has 0 aromatic heterocycles. The van der Waals surface area contributed by atoms with E-state index in [0.717, 1.165) is 0 Å². The molecule has 0 spiro atoms. The molecule has 2 aliphatic heterocycles. The Morgan fingerprint density at radius 2 is 1.52 bits per heavy atom. The molecule has 1 unspecified atom stereocenters. The fourth-order valence-electron chi connectivity index (χ4n) is 5.59. The Kier molecular flexibility index (Phi) is 14.7. The number of nitrogens with two attached hydrogens (primary N) is 3. The molecule has 2 saturated heterocycles. The van der Waals surface area contributed by atoms with Gasteiger partial charge < -0.3 is 48.7 Å². The van der Waals surface area contributed by atoms with Crippen LogP contribution in [0.4, 0.5) is 0 Å². The Hall–Kier alpha value is -4.81. The molecule has 2 fully saturated rings. The number of piperazine rings is 1. The first-order valence-corrected chi connectivity index (χ1v) is 15.8. The van der Waals surface area contributed by atoms with E-state index in [2.05, 4.69) is 26.6 Å². The lowest BCUT2D eigenvalue weighted by Gasteiger charge is -2.36. The summed E-state index contributed by atoms with van der Waals surface area (Å²) in [5, 5.41) is 12.4. The largest absolute Gasteiger partial charge is 0.370 e. The number of likely N-dealkylation sites (tertiary alicyclic amines) is 1. The summed E-state index contributed by atoms with van der Waals surface area (Å²) < 4.78 is 0. The van der Waals surface area contributed by atoms with Gasteiger partial charge in [-0.3, -0.25) is 48.1 Å². The van der Waals surface area contributed by atoms with Gasteiger partial charge in [-0.25, -0.2) is 0 Å². The lowest BCUT2D eigenvalue weighted by molar-refractivity contribution is -0.142. The van der Waals surface area contributed by atoms with E-state index in [-0.39, 0.29) is 38.3 Å². The lowest BCUT2D eigenvalue weighted by Crippen LogP contribution is -2.65. The SMILES string of the molecule is CC(C)C[C@H](NC(=O)[C@@H]1CCCN1C(=O)C(C)NC(=O)[C@H](CC(N)=O)NC(=O)[C@H]1CN(C)[C@@H](CCC(N)=O)C(=O)N1)C(=O)NCC(N)=O. The first-order valence-electron chi connectivity index (χ1n) is 15.8. The molecule has 0 radical (unpaired) electrons. The standard InChI is InChI=1S/C29H48N10O9/c1-14(2)10-16(24(43)33-12-23(32)42)36-28(47)20-6-5-9-39(20)29(48)15(3)34-25(44)17(11-22(31)41)35-26(45)18-13-38(4)19(27(46)37-18)7-8-21(30)40/h14-20H,5-13H2,1-4H3,(H2,30,40)(H2,31,41)(H2,32,42)(H,33,43)(H,34,44)(H,35,45)(H,36,47)(H,37,46)/t15?,16-,17-,18+,19-,20-/m0/s1. The second-order valence-electron chi connectivity index (χ2n) is 12.5. The molecule has 0 bridgehead atoms.